The number of aromatic nitrogens is 2. The Morgan fingerprint density at radius 3 is 2.95 bits per heavy atom. The van der Waals surface area contributed by atoms with Gasteiger partial charge in [-0.05, 0) is 34.2 Å². The van der Waals surface area contributed by atoms with Crippen molar-refractivity contribution in [2.75, 3.05) is 25.1 Å². The SMILES string of the molecule is C#CCn1ncc(NCC2(C)CCOCC2)c(Br)c1=O. The lowest BCUT2D eigenvalue weighted by Crippen LogP contribution is -2.34. The summed E-state index contributed by atoms with van der Waals surface area (Å²) in [5, 5.41) is 7.36. The molecular weight excluding hydrogens is 322 g/mol. The topological polar surface area (TPSA) is 56.1 Å². The van der Waals surface area contributed by atoms with E-state index in [2.05, 4.69) is 39.2 Å². The molecule has 1 aromatic rings. The summed E-state index contributed by atoms with van der Waals surface area (Å²) in [6.07, 6.45) is 8.86. The number of ether oxygens (including phenoxy) is 1. The molecule has 1 aliphatic rings. The summed E-state index contributed by atoms with van der Waals surface area (Å²) in [5.41, 5.74) is 0.673. The molecule has 0 spiro atoms. The predicted molar refractivity (Wildman–Crippen MR) is 81.7 cm³/mol. The Morgan fingerprint density at radius 1 is 1.60 bits per heavy atom. The molecule has 0 atom stereocenters. The van der Waals surface area contributed by atoms with E-state index < -0.39 is 0 Å². The maximum atomic E-state index is 12.0. The second-order valence-electron chi connectivity index (χ2n) is 5.32. The fourth-order valence-electron chi connectivity index (χ4n) is 2.14. The van der Waals surface area contributed by atoms with E-state index in [0.29, 0.717) is 10.2 Å². The second kappa shape index (κ2) is 6.42. The molecule has 0 aliphatic carbocycles. The lowest BCUT2D eigenvalue weighted by Gasteiger charge is -2.34. The highest BCUT2D eigenvalue weighted by Crippen LogP contribution is 2.30. The Bertz CT molecular complexity index is 571. The van der Waals surface area contributed by atoms with E-state index >= 15 is 0 Å². The zero-order valence-electron chi connectivity index (χ0n) is 11.5. The first-order valence-corrected chi connectivity index (χ1v) is 7.36. The summed E-state index contributed by atoms with van der Waals surface area (Å²) in [7, 11) is 0. The molecule has 5 nitrogen and oxygen atoms in total. The maximum absolute atomic E-state index is 12.0. The van der Waals surface area contributed by atoms with Crippen molar-refractivity contribution in [2.24, 2.45) is 5.41 Å². The van der Waals surface area contributed by atoms with Gasteiger partial charge >= 0.3 is 0 Å². The number of rotatable bonds is 4. The summed E-state index contributed by atoms with van der Waals surface area (Å²) >= 11 is 3.31. The number of anilines is 1. The van der Waals surface area contributed by atoms with Crippen LogP contribution in [0.1, 0.15) is 19.8 Å². The quantitative estimate of drug-likeness (QED) is 0.851. The fraction of sp³-hybridized carbons (Fsp3) is 0.571. The number of nitrogens with zero attached hydrogens (tertiary/aromatic N) is 2. The predicted octanol–water partition coefficient (Wildman–Crippen LogP) is 1.87. The van der Waals surface area contributed by atoms with Crippen molar-refractivity contribution in [3.63, 3.8) is 0 Å². The molecule has 1 fully saturated rings. The molecule has 2 heterocycles. The van der Waals surface area contributed by atoms with E-state index in [1.807, 2.05) is 0 Å². The monoisotopic (exact) mass is 339 g/mol. The van der Waals surface area contributed by atoms with E-state index in [0.717, 1.165) is 32.6 Å². The Hall–Kier alpha value is -1.32. The first-order valence-electron chi connectivity index (χ1n) is 6.56. The molecule has 1 aromatic heterocycles. The Morgan fingerprint density at radius 2 is 2.30 bits per heavy atom. The number of halogens is 1. The normalized spacial score (nSPS) is 17.4. The van der Waals surface area contributed by atoms with Crippen LogP contribution in [0.3, 0.4) is 0 Å². The van der Waals surface area contributed by atoms with Gasteiger partial charge in [-0.3, -0.25) is 4.79 Å². The Labute approximate surface area is 126 Å². The summed E-state index contributed by atoms with van der Waals surface area (Å²) in [5.74, 6) is 2.41. The zero-order chi connectivity index (χ0) is 14.6. The average Bonchev–Trinajstić information content (AvgIpc) is 2.44. The molecule has 0 unspecified atom stereocenters. The van der Waals surface area contributed by atoms with Crippen molar-refractivity contribution in [3.8, 4) is 12.3 Å². The van der Waals surface area contributed by atoms with Gasteiger partial charge in [0.25, 0.3) is 5.56 Å². The van der Waals surface area contributed by atoms with Gasteiger partial charge in [-0.2, -0.15) is 5.10 Å². The van der Waals surface area contributed by atoms with Crippen molar-refractivity contribution in [1.29, 1.82) is 0 Å². The molecule has 6 heteroatoms. The average molecular weight is 340 g/mol. The van der Waals surface area contributed by atoms with Crippen molar-refractivity contribution in [1.82, 2.24) is 9.78 Å². The van der Waals surface area contributed by atoms with Crippen molar-refractivity contribution < 1.29 is 4.74 Å². The molecule has 108 valence electrons. The maximum Gasteiger partial charge on any atom is 0.284 e. The molecule has 1 N–H and O–H groups in total. The summed E-state index contributed by atoms with van der Waals surface area (Å²) in [6.45, 7) is 4.77. The molecule has 0 bridgehead atoms. The van der Waals surface area contributed by atoms with Crippen LogP contribution in [0.25, 0.3) is 0 Å². The largest absolute Gasteiger partial charge is 0.382 e. The van der Waals surface area contributed by atoms with E-state index in [9.17, 15) is 4.79 Å². The minimum atomic E-state index is -0.218. The van der Waals surface area contributed by atoms with Gasteiger partial charge in [0, 0.05) is 19.8 Å². The minimum absolute atomic E-state index is 0.173. The molecule has 0 amide bonds. The highest BCUT2D eigenvalue weighted by Gasteiger charge is 2.27. The van der Waals surface area contributed by atoms with Crippen LogP contribution >= 0.6 is 15.9 Å². The number of nitrogens with one attached hydrogen (secondary N) is 1. The Balaban J connectivity index is 2.09. The van der Waals surface area contributed by atoms with Crippen LogP contribution < -0.4 is 10.9 Å². The molecule has 1 saturated heterocycles. The number of terminal acetylenes is 1. The van der Waals surface area contributed by atoms with E-state index in [4.69, 9.17) is 11.2 Å². The van der Waals surface area contributed by atoms with Gasteiger partial charge in [-0.1, -0.05) is 12.8 Å². The third kappa shape index (κ3) is 3.41. The van der Waals surface area contributed by atoms with Crippen LogP contribution in [-0.2, 0) is 11.3 Å². The lowest BCUT2D eigenvalue weighted by molar-refractivity contribution is 0.0300. The van der Waals surface area contributed by atoms with Gasteiger partial charge in [0.05, 0.1) is 11.9 Å². The van der Waals surface area contributed by atoms with Crippen LogP contribution in [0.15, 0.2) is 15.5 Å². The van der Waals surface area contributed by atoms with Crippen molar-refractivity contribution in [2.45, 2.75) is 26.3 Å². The minimum Gasteiger partial charge on any atom is -0.382 e. The zero-order valence-corrected chi connectivity index (χ0v) is 13.1. The van der Waals surface area contributed by atoms with Crippen LogP contribution in [0, 0.1) is 17.8 Å². The van der Waals surface area contributed by atoms with Crippen LogP contribution in [0.2, 0.25) is 0 Å². The highest BCUT2D eigenvalue weighted by molar-refractivity contribution is 9.10. The molecule has 1 aliphatic heterocycles. The summed E-state index contributed by atoms with van der Waals surface area (Å²) in [4.78, 5) is 12.0. The first-order chi connectivity index (χ1) is 9.56. The van der Waals surface area contributed by atoms with Crippen LogP contribution in [0.4, 0.5) is 5.69 Å². The number of hydrogen-bond acceptors (Lipinski definition) is 4. The van der Waals surface area contributed by atoms with E-state index in [1.165, 1.54) is 4.68 Å². The number of hydrogen-bond donors (Lipinski definition) is 1. The smallest absolute Gasteiger partial charge is 0.284 e. The highest BCUT2D eigenvalue weighted by atomic mass is 79.9. The summed E-state index contributed by atoms with van der Waals surface area (Å²) < 4.78 is 7.11. The molecule has 0 aromatic carbocycles. The fourth-order valence-corrected chi connectivity index (χ4v) is 2.58. The summed E-state index contributed by atoms with van der Waals surface area (Å²) in [6, 6.07) is 0. The van der Waals surface area contributed by atoms with Gasteiger partial charge in [-0.25, -0.2) is 4.68 Å². The van der Waals surface area contributed by atoms with Gasteiger partial charge in [0.1, 0.15) is 11.0 Å². The third-order valence-electron chi connectivity index (χ3n) is 3.63. The van der Waals surface area contributed by atoms with E-state index in [1.54, 1.807) is 6.20 Å². The molecule has 2 rings (SSSR count). The van der Waals surface area contributed by atoms with Crippen LogP contribution in [-0.4, -0.2) is 29.5 Å². The van der Waals surface area contributed by atoms with Crippen LogP contribution in [0.5, 0.6) is 0 Å². The molecule has 0 radical (unpaired) electrons. The first kappa shape index (κ1) is 15.1. The molecule has 20 heavy (non-hydrogen) atoms. The lowest BCUT2D eigenvalue weighted by atomic mass is 9.82. The standard InChI is InChI=1S/C14H18BrN3O2/c1-3-6-18-13(19)12(15)11(9-17-18)16-10-14(2)4-7-20-8-5-14/h1,9,16H,4-8,10H2,2H3. The van der Waals surface area contributed by atoms with Gasteiger partial charge in [0.15, 0.2) is 0 Å². The van der Waals surface area contributed by atoms with Gasteiger partial charge in [0.2, 0.25) is 0 Å². The van der Waals surface area contributed by atoms with E-state index in [-0.39, 0.29) is 17.5 Å². The van der Waals surface area contributed by atoms with Gasteiger partial charge in [-0.15, -0.1) is 6.42 Å². The molecular formula is C14H18BrN3O2. The molecule has 0 saturated carbocycles. The Kier molecular flexibility index (Phi) is 4.84. The van der Waals surface area contributed by atoms with Gasteiger partial charge < -0.3 is 10.1 Å². The van der Waals surface area contributed by atoms with Crippen molar-refractivity contribution >= 4 is 21.6 Å². The van der Waals surface area contributed by atoms with Crippen molar-refractivity contribution in [3.05, 3.63) is 21.0 Å². The third-order valence-corrected chi connectivity index (χ3v) is 4.40. The second-order valence-corrected chi connectivity index (χ2v) is 6.11.